The van der Waals surface area contributed by atoms with Crippen LogP contribution in [-0.2, 0) is 14.9 Å². The number of hydrogen-bond acceptors (Lipinski definition) is 4. The standard InChI is InChI=1S/C12H17BrN2O4S/c1-8(2)19-12(16)15-20(17,18)14-11-7-5-4-6-10(11)9(3)13/h4-9,14H,1-3H3,(H,15,16). The van der Waals surface area contributed by atoms with Crippen LogP contribution in [0.1, 0.15) is 31.2 Å². The molecule has 0 heterocycles. The third-order valence-electron chi connectivity index (χ3n) is 2.19. The summed E-state index contributed by atoms with van der Waals surface area (Å²) in [5.74, 6) is 0. The van der Waals surface area contributed by atoms with Crippen LogP contribution in [0.4, 0.5) is 10.5 Å². The summed E-state index contributed by atoms with van der Waals surface area (Å²) in [6.45, 7) is 5.12. The van der Waals surface area contributed by atoms with Crippen molar-refractivity contribution in [2.24, 2.45) is 0 Å². The van der Waals surface area contributed by atoms with Crippen molar-refractivity contribution < 1.29 is 17.9 Å². The van der Waals surface area contributed by atoms with E-state index in [2.05, 4.69) is 20.7 Å². The third-order valence-corrected chi connectivity index (χ3v) is 3.61. The molecule has 20 heavy (non-hydrogen) atoms. The van der Waals surface area contributed by atoms with Crippen molar-refractivity contribution in [2.45, 2.75) is 31.7 Å². The minimum Gasteiger partial charge on any atom is -0.446 e. The molecule has 2 N–H and O–H groups in total. The summed E-state index contributed by atoms with van der Waals surface area (Å²) in [6.07, 6.45) is -1.42. The van der Waals surface area contributed by atoms with Crippen LogP contribution in [-0.4, -0.2) is 20.6 Å². The predicted molar refractivity (Wildman–Crippen MR) is 81.1 cm³/mol. The van der Waals surface area contributed by atoms with Gasteiger partial charge in [-0.15, -0.1) is 0 Å². The lowest BCUT2D eigenvalue weighted by atomic mass is 10.1. The van der Waals surface area contributed by atoms with E-state index < -0.39 is 22.4 Å². The number of rotatable bonds is 5. The van der Waals surface area contributed by atoms with Crippen molar-refractivity contribution in [3.05, 3.63) is 29.8 Å². The lowest BCUT2D eigenvalue weighted by molar-refractivity contribution is 0.121. The van der Waals surface area contributed by atoms with E-state index in [4.69, 9.17) is 4.74 Å². The lowest BCUT2D eigenvalue weighted by Crippen LogP contribution is -2.37. The second kappa shape index (κ2) is 6.94. The first-order valence-electron chi connectivity index (χ1n) is 5.95. The van der Waals surface area contributed by atoms with Gasteiger partial charge in [0.05, 0.1) is 11.8 Å². The fourth-order valence-corrected chi connectivity index (χ4v) is 2.65. The molecule has 0 spiro atoms. The van der Waals surface area contributed by atoms with E-state index in [9.17, 15) is 13.2 Å². The largest absolute Gasteiger partial charge is 0.446 e. The highest BCUT2D eigenvalue weighted by molar-refractivity contribution is 9.09. The Morgan fingerprint density at radius 2 is 1.85 bits per heavy atom. The average Bonchev–Trinajstić information content (AvgIpc) is 2.26. The molecule has 0 fully saturated rings. The van der Waals surface area contributed by atoms with E-state index in [1.54, 1.807) is 42.8 Å². The van der Waals surface area contributed by atoms with Crippen molar-refractivity contribution in [3.8, 4) is 0 Å². The van der Waals surface area contributed by atoms with Crippen molar-refractivity contribution in [1.82, 2.24) is 4.72 Å². The van der Waals surface area contributed by atoms with E-state index in [1.165, 1.54) is 0 Å². The number of halogens is 1. The SMILES string of the molecule is CC(C)OC(=O)NS(=O)(=O)Nc1ccccc1C(C)Br. The first-order chi connectivity index (χ1) is 9.21. The summed E-state index contributed by atoms with van der Waals surface area (Å²) in [5.41, 5.74) is 1.15. The molecule has 0 saturated carbocycles. The summed E-state index contributed by atoms with van der Waals surface area (Å²) in [6, 6.07) is 6.89. The molecule has 0 bridgehead atoms. The third kappa shape index (κ3) is 5.38. The van der Waals surface area contributed by atoms with Crippen LogP contribution in [0, 0.1) is 0 Å². The van der Waals surface area contributed by atoms with Gasteiger partial charge in [-0.25, -0.2) is 9.52 Å². The second-order valence-electron chi connectivity index (χ2n) is 4.36. The lowest BCUT2D eigenvalue weighted by Gasteiger charge is -2.15. The number of carbonyl (C=O) groups is 1. The van der Waals surface area contributed by atoms with Crippen LogP contribution in [0.25, 0.3) is 0 Å². The van der Waals surface area contributed by atoms with Crippen LogP contribution in [0.2, 0.25) is 0 Å². The van der Waals surface area contributed by atoms with E-state index >= 15 is 0 Å². The molecule has 0 aromatic heterocycles. The van der Waals surface area contributed by atoms with Crippen LogP contribution < -0.4 is 9.44 Å². The van der Waals surface area contributed by atoms with Crippen molar-refractivity contribution >= 4 is 37.9 Å². The molecule has 0 aliphatic rings. The summed E-state index contributed by atoms with van der Waals surface area (Å²) < 4.78 is 32.5. The highest BCUT2D eigenvalue weighted by Crippen LogP contribution is 2.28. The van der Waals surface area contributed by atoms with Crippen LogP contribution in [0.5, 0.6) is 0 Å². The van der Waals surface area contributed by atoms with Gasteiger partial charge in [-0.1, -0.05) is 34.1 Å². The minimum atomic E-state index is -4.03. The normalized spacial score (nSPS) is 12.8. The Balaban J connectivity index is 2.84. The maximum atomic E-state index is 11.8. The van der Waals surface area contributed by atoms with Crippen LogP contribution in [0.15, 0.2) is 24.3 Å². The number of nitrogens with one attached hydrogen (secondary N) is 2. The first-order valence-corrected chi connectivity index (χ1v) is 8.35. The zero-order chi connectivity index (χ0) is 15.3. The van der Waals surface area contributed by atoms with Crippen LogP contribution >= 0.6 is 15.9 Å². The monoisotopic (exact) mass is 364 g/mol. The molecule has 1 atom stereocenters. The van der Waals surface area contributed by atoms with Gasteiger partial charge in [0.15, 0.2) is 0 Å². The Morgan fingerprint density at radius 1 is 1.25 bits per heavy atom. The second-order valence-corrected chi connectivity index (χ2v) is 7.15. The highest BCUT2D eigenvalue weighted by atomic mass is 79.9. The van der Waals surface area contributed by atoms with Gasteiger partial charge in [-0.05, 0) is 32.4 Å². The number of ether oxygens (including phenoxy) is 1. The maximum absolute atomic E-state index is 11.8. The summed E-state index contributed by atoms with van der Waals surface area (Å²) in [5, 5.41) is 0. The van der Waals surface area contributed by atoms with Gasteiger partial charge in [0, 0.05) is 4.83 Å². The predicted octanol–water partition coefficient (Wildman–Crippen LogP) is 2.93. The quantitative estimate of drug-likeness (QED) is 0.786. The molecule has 1 aromatic rings. The molecule has 6 nitrogen and oxygen atoms in total. The van der Waals surface area contributed by atoms with Crippen molar-refractivity contribution in [1.29, 1.82) is 0 Å². The van der Waals surface area contributed by atoms with Gasteiger partial charge < -0.3 is 4.74 Å². The van der Waals surface area contributed by atoms with E-state index in [1.807, 2.05) is 6.92 Å². The molecule has 0 saturated heterocycles. The Bertz CT molecular complexity index is 573. The molecule has 112 valence electrons. The molecular formula is C12H17BrN2O4S. The molecule has 1 rings (SSSR count). The fourth-order valence-electron chi connectivity index (χ4n) is 1.45. The summed E-state index contributed by atoms with van der Waals surface area (Å²) in [7, 11) is -4.03. The summed E-state index contributed by atoms with van der Waals surface area (Å²) >= 11 is 3.38. The molecule has 0 aliphatic heterocycles. The molecule has 0 radical (unpaired) electrons. The highest BCUT2D eigenvalue weighted by Gasteiger charge is 2.18. The molecular weight excluding hydrogens is 348 g/mol. The molecule has 0 aliphatic carbocycles. The maximum Gasteiger partial charge on any atom is 0.422 e. The van der Waals surface area contributed by atoms with Crippen LogP contribution in [0.3, 0.4) is 0 Å². The molecule has 1 amide bonds. The number of benzene rings is 1. The molecule has 1 unspecified atom stereocenters. The zero-order valence-electron chi connectivity index (χ0n) is 11.4. The van der Waals surface area contributed by atoms with Gasteiger partial charge in [0.25, 0.3) is 0 Å². The Kier molecular flexibility index (Phi) is 5.82. The Hall–Kier alpha value is -1.28. The van der Waals surface area contributed by atoms with E-state index in [0.29, 0.717) is 5.69 Å². The fraction of sp³-hybridized carbons (Fsp3) is 0.417. The smallest absolute Gasteiger partial charge is 0.422 e. The number of anilines is 1. The van der Waals surface area contributed by atoms with Crippen molar-refractivity contribution in [3.63, 3.8) is 0 Å². The number of carbonyl (C=O) groups excluding carboxylic acids is 1. The van der Waals surface area contributed by atoms with E-state index in [0.717, 1.165) is 5.56 Å². The van der Waals surface area contributed by atoms with Gasteiger partial charge >= 0.3 is 16.3 Å². The molecule has 1 aromatic carbocycles. The Labute approximate surface area is 127 Å². The Morgan fingerprint density at radius 3 is 2.40 bits per heavy atom. The summed E-state index contributed by atoms with van der Waals surface area (Å²) in [4.78, 5) is 11.3. The minimum absolute atomic E-state index is 0.0379. The first kappa shape index (κ1) is 16.8. The van der Waals surface area contributed by atoms with Crippen molar-refractivity contribution in [2.75, 3.05) is 4.72 Å². The number of alkyl halides is 1. The van der Waals surface area contributed by atoms with Gasteiger partial charge in [0.1, 0.15) is 0 Å². The van der Waals surface area contributed by atoms with Gasteiger partial charge in [-0.3, -0.25) is 4.72 Å². The topological polar surface area (TPSA) is 84.5 Å². The molecule has 8 heteroatoms. The number of amides is 1. The zero-order valence-corrected chi connectivity index (χ0v) is 13.8. The van der Waals surface area contributed by atoms with E-state index in [-0.39, 0.29) is 4.83 Å². The number of hydrogen-bond donors (Lipinski definition) is 2. The van der Waals surface area contributed by atoms with Gasteiger partial charge in [0.2, 0.25) is 0 Å². The van der Waals surface area contributed by atoms with Gasteiger partial charge in [-0.2, -0.15) is 8.42 Å². The number of para-hydroxylation sites is 1. The average molecular weight is 365 g/mol.